The van der Waals surface area contributed by atoms with E-state index in [1.54, 1.807) is 0 Å². The van der Waals surface area contributed by atoms with Crippen molar-refractivity contribution in [3.05, 3.63) is 17.0 Å². The Morgan fingerprint density at radius 1 is 1.14 bits per heavy atom. The molecule has 2 N–H and O–H groups in total. The van der Waals surface area contributed by atoms with Crippen LogP contribution in [0.15, 0.2) is 9.52 Å². The van der Waals surface area contributed by atoms with Gasteiger partial charge in [-0.1, -0.05) is 31.3 Å². The van der Waals surface area contributed by atoms with Crippen molar-refractivity contribution >= 4 is 5.96 Å². The van der Waals surface area contributed by atoms with Crippen LogP contribution in [0.4, 0.5) is 0 Å². The highest BCUT2D eigenvalue weighted by Crippen LogP contribution is 2.11. The van der Waals surface area contributed by atoms with Gasteiger partial charge in [-0.3, -0.25) is 4.99 Å². The first kappa shape index (κ1) is 17.5. The van der Waals surface area contributed by atoms with Gasteiger partial charge in [0.25, 0.3) is 0 Å². The van der Waals surface area contributed by atoms with E-state index in [9.17, 15) is 0 Å². The van der Waals surface area contributed by atoms with Crippen LogP contribution in [0.5, 0.6) is 0 Å². The molecule has 0 aromatic carbocycles. The van der Waals surface area contributed by atoms with Gasteiger partial charge in [0, 0.05) is 25.2 Å². The molecule has 1 rings (SSSR count). The zero-order chi connectivity index (χ0) is 15.5. The number of aromatic nitrogens is 1. The number of nitrogens with one attached hydrogen (secondary N) is 2. The van der Waals surface area contributed by atoms with Crippen molar-refractivity contribution in [3.8, 4) is 0 Å². The molecule has 0 aliphatic carbocycles. The predicted octanol–water partition coefficient (Wildman–Crippen LogP) is 2.97. The summed E-state index contributed by atoms with van der Waals surface area (Å²) in [7, 11) is 0. The van der Waals surface area contributed by atoms with Gasteiger partial charge in [-0.2, -0.15) is 0 Å². The van der Waals surface area contributed by atoms with Crippen molar-refractivity contribution in [2.75, 3.05) is 19.6 Å². The highest BCUT2D eigenvalue weighted by molar-refractivity contribution is 5.79. The second kappa shape index (κ2) is 10.2. The van der Waals surface area contributed by atoms with E-state index in [1.807, 2.05) is 13.8 Å². The highest BCUT2D eigenvalue weighted by atomic mass is 16.5. The Balaban J connectivity index is 2.35. The summed E-state index contributed by atoms with van der Waals surface area (Å²) in [6.45, 7) is 10.9. The van der Waals surface area contributed by atoms with Crippen molar-refractivity contribution in [2.24, 2.45) is 4.99 Å². The van der Waals surface area contributed by atoms with E-state index >= 15 is 0 Å². The lowest BCUT2D eigenvalue weighted by Crippen LogP contribution is -2.38. The number of aryl methyl sites for hydroxylation is 2. The zero-order valence-corrected chi connectivity index (χ0v) is 14.0. The van der Waals surface area contributed by atoms with Crippen LogP contribution in [-0.4, -0.2) is 30.8 Å². The molecule has 0 saturated carbocycles. The van der Waals surface area contributed by atoms with Gasteiger partial charge < -0.3 is 15.2 Å². The van der Waals surface area contributed by atoms with E-state index in [0.29, 0.717) is 0 Å². The van der Waals surface area contributed by atoms with E-state index < -0.39 is 0 Å². The summed E-state index contributed by atoms with van der Waals surface area (Å²) < 4.78 is 5.18. The first-order chi connectivity index (χ1) is 10.2. The fourth-order valence-corrected chi connectivity index (χ4v) is 2.24. The molecule has 21 heavy (non-hydrogen) atoms. The molecule has 0 radical (unpaired) electrons. The molecular formula is C16H30N4O. The van der Waals surface area contributed by atoms with Gasteiger partial charge in [0.15, 0.2) is 5.96 Å². The molecule has 5 nitrogen and oxygen atoms in total. The third-order valence-electron chi connectivity index (χ3n) is 3.47. The van der Waals surface area contributed by atoms with Crippen LogP contribution >= 0.6 is 0 Å². The van der Waals surface area contributed by atoms with Crippen molar-refractivity contribution in [1.29, 1.82) is 0 Å². The minimum Gasteiger partial charge on any atom is -0.361 e. The zero-order valence-electron chi connectivity index (χ0n) is 14.0. The molecule has 0 atom stereocenters. The van der Waals surface area contributed by atoms with Gasteiger partial charge in [-0.05, 0) is 33.6 Å². The maximum atomic E-state index is 5.18. The Labute approximate surface area is 128 Å². The van der Waals surface area contributed by atoms with Gasteiger partial charge in [-0.25, -0.2) is 0 Å². The summed E-state index contributed by atoms with van der Waals surface area (Å²) in [6.07, 6.45) is 5.89. The first-order valence-electron chi connectivity index (χ1n) is 8.13. The average molecular weight is 294 g/mol. The number of aliphatic imine (C=N–C) groups is 1. The van der Waals surface area contributed by atoms with E-state index in [2.05, 4.69) is 34.6 Å². The first-order valence-corrected chi connectivity index (χ1v) is 8.13. The molecule has 5 heteroatoms. The van der Waals surface area contributed by atoms with E-state index in [0.717, 1.165) is 49.9 Å². The quantitative estimate of drug-likeness (QED) is 0.417. The summed E-state index contributed by atoms with van der Waals surface area (Å²) >= 11 is 0. The van der Waals surface area contributed by atoms with Crippen LogP contribution in [0.2, 0.25) is 0 Å². The Kier molecular flexibility index (Phi) is 8.55. The molecule has 0 unspecified atom stereocenters. The van der Waals surface area contributed by atoms with Crippen LogP contribution < -0.4 is 10.6 Å². The fourth-order valence-electron chi connectivity index (χ4n) is 2.24. The maximum Gasteiger partial charge on any atom is 0.191 e. The molecule has 120 valence electrons. The monoisotopic (exact) mass is 294 g/mol. The molecule has 0 amide bonds. The summed E-state index contributed by atoms with van der Waals surface area (Å²) in [5, 5.41) is 10.6. The van der Waals surface area contributed by atoms with Crippen molar-refractivity contribution in [2.45, 2.75) is 59.8 Å². The van der Waals surface area contributed by atoms with E-state index in [4.69, 9.17) is 4.52 Å². The second-order valence-electron chi connectivity index (χ2n) is 5.30. The second-order valence-corrected chi connectivity index (χ2v) is 5.30. The minimum absolute atomic E-state index is 0.837. The number of nitrogens with zero attached hydrogens (tertiary/aromatic N) is 2. The van der Waals surface area contributed by atoms with Crippen molar-refractivity contribution < 1.29 is 4.52 Å². The van der Waals surface area contributed by atoms with Crippen LogP contribution in [-0.2, 0) is 6.42 Å². The lowest BCUT2D eigenvalue weighted by Gasteiger charge is -2.11. The number of hydrogen-bond donors (Lipinski definition) is 2. The molecule has 0 bridgehead atoms. The van der Waals surface area contributed by atoms with Gasteiger partial charge in [0.1, 0.15) is 5.76 Å². The summed E-state index contributed by atoms with van der Waals surface area (Å²) in [6, 6.07) is 0. The fraction of sp³-hybridized carbons (Fsp3) is 0.750. The summed E-state index contributed by atoms with van der Waals surface area (Å²) in [5.74, 6) is 1.82. The normalized spacial score (nSPS) is 11.7. The van der Waals surface area contributed by atoms with Gasteiger partial charge in [0.05, 0.1) is 5.69 Å². The largest absolute Gasteiger partial charge is 0.361 e. The highest BCUT2D eigenvalue weighted by Gasteiger charge is 2.08. The number of guanidine groups is 1. The van der Waals surface area contributed by atoms with Crippen molar-refractivity contribution in [1.82, 2.24) is 15.8 Å². The van der Waals surface area contributed by atoms with E-state index in [1.165, 1.54) is 24.8 Å². The SMILES string of the molecule is CCCCCCN=C(NCC)NCCc1c(C)noc1C. The molecule has 1 aromatic rings. The Hall–Kier alpha value is -1.52. The molecule has 0 spiro atoms. The summed E-state index contributed by atoms with van der Waals surface area (Å²) in [5.41, 5.74) is 2.18. The predicted molar refractivity (Wildman–Crippen MR) is 87.8 cm³/mol. The van der Waals surface area contributed by atoms with Crippen LogP contribution in [0.1, 0.15) is 56.5 Å². The third-order valence-corrected chi connectivity index (χ3v) is 3.47. The maximum absolute atomic E-state index is 5.18. The van der Waals surface area contributed by atoms with Crippen LogP contribution in [0, 0.1) is 13.8 Å². The standard InChI is InChI=1S/C16H30N4O/c1-5-7-8-9-11-18-16(17-6-2)19-12-10-15-13(3)20-21-14(15)4/h5-12H2,1-4H3,(H2,17,18,19). The van der Waals surface area contributed by atoms with Gasteiger partial charge >= 0.3 is 0 Å². The lowest BCUT2D eigenvalue weighted by atomic mass is 10.1. The number of unbranched alkanes of at least 4 members (excludes halogenated alkanes) is 3. The smallest absolute Gasteiger partial charge is 0.191 e. The third kappa shape index (κ3) is 6.65. The van der Waals surface area contributed by atoms with Crippen molar-refractivity contribution in [3.63, 3.8) is 0 Å². The Morgan fingerprint density at radius 2 is 1.95 bits per heavy atom. The lowest BCUT2D eigenvalue weighted by molar-refractivity contribution is 0.392. The molecule has 0 fully saturated rings. The molecule has 0 aliphatic rings. The van der Waals surface area contributed by atoms with Gasteiger partial charge in [0.2, 0.25) is 0 Å². The molecular weight excluding hydrogens is 264 g/mol. The Morgan fingerprint density at radius 3 is 2.57 bits per heavy atom. The van der Waals surface area contributed by atoms with Crippen LogP contribution in [0.3, 0.4) is 0 Å². The minimum atomic E-state index is 0.837. The molecule has 1 heterocycles. The van der Waals surface area contributed by atoms with Crippen LogP contribution in [0.25, 0.3) is 0 Å². The summed E-state index contributed by atoms with van der Waals surface area (Å²) in [4.78, 5) is 4.60. The number of rotatable bonds is 9. The van der Waals surface area contributed by atoms with Gasteiger partial charge in [-0.15, -0.1) is 0 Å². The Bertz CT molecular complexity index is 406. The molecule has 0 saturated heterocycles. The molecule has 0 aliphatic heterocycles. The average Bonchev–Trinajstić information content (AvgIpc) is 2.78. The topological polar surface area (TPSA) is 62.5 Å². The molecule has 1 aromatic heterocycles. The number of hydrogen-bond acceptors (Lipinski definition) is 3. The van der Waals surface area contributed by atoms with E-state index in [-0.39, 0.29) is 0 Å².